The molecule has 1 amide bonds. The third kappa shape index (κ3) is 5.72. The summed E-state index contributed by atoms with van der Waals surface area (Å²) in [5, 5.41) is 2.91. The van der Waals surface area contributed by atoms with E-state index in [2.05, 4.69) is 10.2 Å². The molecule has 1 N–H and O–H groups in total. The third-order valence-electron chi connectivity index (χ3n) is 6.13. The first-order valence-electron chi connectivity index (χ1n) is 11.4. The SMILES string of the molecule is O=C(NCCc1ccc(F)cc1)c1cc(S(=O)(=O)N2CCOCC2)ccc1N1CCCCC1. The predicted octanol–water partition coefficient (Wildman–Crippen LogP) is 2.81. The second-order valence-electron chi connectivity index (χ2n) is 8.38. The lowest BCUT2D eigenvalue weighted by Gasteiger charge is -2.31. The molecular formula is C24H30FN3O4S. The van der Waals surface area contributed by atoms with E-state index in [9.17, 15) is 17.6 Å². The molecule has 0 aliphatic carbocycles. The highest BCUT2D eigenvalue weighted by atomic mass is 32.2. The molecule has 0 saturated carbocycles. The molecule has 2 heterocycles. The zero-order valence-electron chi connectivity index (χ0n) is 18.6. The van der Waals surface area contributed by atoms with Crippen LogP contribution in [0.25, 0.3) is 0 Å². The zero-order valence-corrected chi connectivity index (χ0v) is 19.4. The lowest BCUT2D eigenvalue weighted by molar-refractivity contribution is 0.0730. The largest absolute Gasteiger partial charge is 0.379 e. The molecule has 7 nitrogen and oxygen atoms in total. The highest BCUT2D eigenvalue weighted by Crippen LogP contribution is 2.28. The van der Waals surface area contributed by atoms with Gasteiger partial charge in [0.1, 0.15) is 5.82 Å². The number of ether oxygens (including phenoxy) is 1. The van der Waals surface area contributed by atoms with Crippen molar-refractivity contribution < 1.29 is 22.3 Å². The van der Waals surface area contributed by atoms with Crippen LogP contribution >= 0.6 is 0 Å². The van der Waals surface area contributed by atoms with Crippen molar-refractivity contribution in [3.8, 4) is 0 Å². The molecule has 0 atom stereocenters. The summed E-state index contributed by atoms with van der Waals surface area (Å²) in [5.41, 5.74) is 2.04. The molecule has 2 aliphatic rings. The van der Waals surface area contributed by atoms with Gasteiger partial charge >= 0.3 is 0 Å². The molecule has 0 aromatic heterocycles. The van der Waals surface area contributed by atoms with Gasteiger partial charge in [-0.3, -0.25) is 4.79 Å². The third-order valence-corrected chi connectivity index (χ3v) is 8.02. The summed E-state index contributed by atoms with van der Waals surface area (Å²) in [6.07, 6.45) is 3.79. The van der Waals surface area contributed by atoms with Crippen molar-refractivity contribution in [2.24, 2.45) is 0 Å². The van der Waals surface area contributed by atoms with Gasteiger partial charge in [0.2, 0.25) is 10.0 Å². The fourth-order valence-corrected chi connectivity index (χ4v) is 5.71. The summed E-state index contributed by atoms with van der Waals surface area (Å²) in [4.78, 5) is 15.5. The first-order chi connectivity index (χ1) is 15.9. The molecule has 2 aromatic carbocycles. The van der Waals surface area contributed by atoms with E-state index in [4.69, 9.17) is 4.74 Å². The Hall–Kier alpha value is -2.49. The Balaban J connectivity index is 1.56. The minimum atomic E-state index is -3.71. The van der Waals surface area contributed by atoms with Crippen molar-refractivity contribution in [3.05, 3.63) is 59.4 Å². The second-order valence-corrected chi connectivity index (χ2v) is 10.3. The molecule has 178 valence electrons. The van der Waals surface area contributed by atoms with Gasteiger partial charge in [0.15, 0.2) is 0 Å². The van der Waals surface area contributed by atoms with Crippen LogP contribution in [0.2, 0.25) is 0 Å². The Morgan fingerprint density at radius 2 is 1.67 bits per heavy atom. The van der Waals surface area contributed by atoms with Crippen molar-refractivity contribution in [3.63, 3.8) is 0 Å². The molecule has 0 radical (unpaired) electrons. The van der Waals surface area contributed by atoms with E-state index in [1.54, 1.807) is 24.3 Å². The number of morpholine rings is 1. The number of carbonyl (C=O) groups is 1. The van der Waals surface area contributed by atoms with Gasteiger partial charge in [0.05, 0.1) is 23.7 Å². The maximum Gasteiger partial charge on any atom is 0.253 e. The molecule has 2 aromatic rings. The van der Waals surface area contributed by atoms with Gasteiger partial charge in [-0.2, -0.15) is 4.31 Å². The van der Waals surface area contributed by atoms with Gasteiger partial charge in [-0.05, 0) is 61.6 Å². The molecule has 4 rings (SSSR count). The summed E-state index contributed by atoms with van der Waals surface area (Å²) in [5.74, 6) is -0.607. The highest BCUT2D eigenvalue weighted by Gasteiger charge is 2.28. The van der Waals surface area contributed by atoms with E-state index in [0.29, 0.717) is 44.8 Å². The predicted molar refractivity (Wildman–Crippen MR) is 125 cm³/mol. The number of amides is 1. The van der Waals surface area contributed by atoms with Gasteiger partial charge < -0.3 is 15.0 Å². The van der Waals surface area contributed by atoms with Gasteiger partial charge in [0.25, 0.3) is 5.91 Å². The van der Waals surface area contributed by atoms with Crippen LogP contribution in [0.4, 0.5) is 10.1 Å². The van der Waals surface area contributed by atoms with Gasteiger partial charge in [-0.15, -0.1) is 0 Å². The molecule has 0 bridgehead atoms. The minimum Gasteiger partial charge on any atom is -0.379 e. The van der Waals surface area contributed by atoms with Gasteiger partial charge in [-0.1, -0.05) is 12.1 Å². The van der Waals surface area contributed by atoms with E-state index in [1.807, 2.05) is 0 Å². The van der Waals surface area contributed by atoms with Crippen LogP contribution in [0, 0.1) is 5.82 Å². The average molecular weight is 476 g/mol. The van der Waals surface area contributed by atoms with Crippen LogP contribution in [0.1, 0.15) is 35.2 Å². The Bertz CT molecular complexity index is 1060. The fraction of sp³-hybridized carbons (Fsp3) is 0.458. The molecule has 9 heteroatoms. The Morgan fingerprint density at radius 3 is 2.36 bits per heavy atom. The van der Waals surface area contributed by atoms with Crippen LogP contribution < -0.4 is 10.2 Å². The van der Waals surface area contributed by atoms with Crippen LogP contribution in [0.3, 0.4) is 0 Å². The number of hydrogen-bond donors (Lipinski definition) is 1. The minimum absolute atomic E-state index is 0.119. The van der Waals surface area contributed by atoms with Crippen LogP contribution in [-0.4, -0.2) is 64.6 Å². The van der Waals surface area contributed by atoms with Crippen LogP contribution in [0.5, 0.6) is 0 Å². The number of sulfonamides is 1. The number of benzene rings is 2. The summed E-state index contributed by atoms with van der Waals surface area (Å²) in [7, 11) is -3.71. The smallest absolute Gasteiger partial charge is 0.253 e. The molecule has 0 unspecified atom stereocenters. The Kier molecular flexibility index (Phi) is 7.62. The molecule has 2 fully saturated rings. The number of halogens is 1. The van der Waals surface area contributed by atoms with E-state index >= 15 is 0 Å². The maximum absolute atomic E-state index is 13.2. The second kappa shape index (κ2) is 10.6. The zero-order chi connectivity index (χ0) is 23.3. The molecular weight excluding hydrogens is 445 g/mol. The van der Waals surface area contributed by atoms with Crippen molar-refractivity contribution in [2.75, 3.05) is 50.8 Å². The number of carbonyl (C=O) groups excluding carboxylic acids is 1. The van der Waals surface area contributed by atoms with Crippen LogP contribution in [-0.2, 0) is 21.2 Å². The van der Waals surface area contributed by atoms with Crippen molar-refractivity contribution in [1.82, 2.24) is 9.62 Å². The fourth-order valence-electron chi connectivity index (χ4n) is 4.27. The standard InChI is InChI=1S/C24H30FN3O4S/c25-20-6-4-19(5-7-20)10-11-26-24(29)22-18-21(33(30,31)28-14-16-32-17-15-28)8-9-23(22)27-12-2-1-3-13-27/h4-9,18H,1-3,10-17H2,(H,26,29). The molecule has 2 aliphatic heterocycles. The summed E-state index contributed by atoms with van der Waals surface area (Å²) in [6.45, 7) is 3.37. The topological polar surface area (TPSA) is 79.0 Å². The number of nitrogens with one attached hydrogen (secondary N) is 1. The lowest BCUT2D eigenvalue weighted by Crippen LogP contribution is -2.40. The number of piperidine rings is 1. The summed E-state index contributed by atoms with van der Waals surface area (Å²) in [6, 6.07) is 11.0. The Labute approximate surface area is 194 Å². The van der Waals surface area contributed by atoms with Crippen molar-refractivity contribution >= 4 is 21.6 Å². The van der Waals surface area contributed by atoms with Crippen LogP contribution in [0.15, 0.2) is 47.4 Å². The summed E-state index contributed by atoms with van der Waals surface area (Å²) < 4.78 is 46.1. The monoisotopic (exact) mass is 475 g/mol. The average Bonchev–Trinajstić information content (AvgIpc) is 2.86. The number of rotatable bonds is 7. The summed E-state index contributed by atoms with van der Waals surface area (Å²) >= 11 is 0. The first kappa shape index (κ1) is 23.7. The van der Waals surface area contributed by atoms with Gasteiger partial charge in [-0.25, -0.2) is 12.8 Å². The normalized spacial score (nSPS) is 17.7. The lowest BCUT2D eigenvalue weighted by atomic mass is 10.1. The molecule has 33 heavy (non-hydrogen) atoms. The maximum atomic E-state index is 13.2. The quantitative estimate of drug-likeness (QED) is 0.666. The number of nitrogens with zero attached hydrogens (tertiary/aromatic N) is 2. The number of hydrogen-bond acceptors (Lipinski definition) is 5. The van der Waals surface area contributed by atoms with Crippen molar-refractivity contribution in [2.45, 2.75) is 30.6 Å². The van der Waals surface area contributed by atoms with Gasteiger partial charge in [0, 0.05) is 38.4 Å². The van der Waals surface area contributed by atoms with E-state index in [-0.39, 0.29) is 16.6 Å². The first-order valence-corrected chi connectivity index (χ1v) is 12.9. The molecule has 2 saturated heterocycles. The highest BCUT2D eigenvalue weighted by molar-refractivity contribution is 7.89. The van der Waals surface area contributed by atoms with E-state index in [1.165, 1.54) is 22.5 Å². The number of anilines is 1. The van der Waals surface area contributed by atoms with E-state index in [0.717, 1.165) is 43.6 Å². The molecule has 0 spiro atoms. The Morgan fingerprint density at radius 1 is 0.970 bits per heavy atom. The van der Waals surface area contributed by atoms with E-state index < -0.39 is 10.0 Å². The van der Waals surface area contributed by atoms with Crippen molar-refractivity contribution in [1.29, 1.82) is 0 Å².